The van der Waals surface area contributed by atoms with E-state index in [9.17, 15) is 9.59 Å². The van der Waals surface area contributed by atoms with Crippen molar-refractivity contribution < 1.29 is 19.1 Å². The smallest absolute Gasteiger partial charge is 0.341 e. The SMILES string of the molecule is COC(=O)c1c(NC(=O)CSc2nnc(COc3ccc(Cl)c(C)c3)n2C)sc2c1CCC2. The number of ether oxygens (including phenoxy) is 2. The van der Waals surface area contributed by atoms with Crippen LogP contribution in [-0.2, 0) is 36.0 Å². The average Bonchev–Trinajstić information content (AvgIpc) is 3.47. The van der Waals surface area contributed by atoms with Crippen molar-refractivity contribution in [2.45, 2.75) is 37.9 Å². The Morgan fingerprint density at radius 1 is 1.30 bits per heavy atom. The molecular weight excluding hydrogens is 484 g/mol. The molecule has 0 fully saturated rings. The van der Waals surface area contributed by atoms with Gasteiger partial charge in [0.1, 0.15) is 17.4 Å². The lowest BCUT2D eigenvalue weighted by molar-refractivity contribution is -0.113. The zero-order valence-corrected chi connectivity index (χ0v) is 20.8. The molecule has 0 aliphatic heterocycles. The topological polar surface area (TPSA) is 95.3 Å². The van der Waals surface area contributed by atoms with E-state index in [1.165, 1.54) is 30.2 Å². The van der Waals surface area contributed by atoms with E-state index in [2.05, 4.69) is 15.5 Å². The molecular formula is C22H23ClN4O4S2. The molecule has 0 saturated carbocycles. The first-order valence-corrected chi connectivity index (χ1v) is 12.5. The van der Waals surface area contributed by atoms with Crippen molar-refractivity contribution in [2.75, 3.05) is 18.2 Å². The fraction of sp³-hybridized carbons (Fsp3) is 0.364. The van der Waals surface area contributed by atoms with E-state index in [4.69, 9.17) is 21.1 Å². The van der Waals surface area contributed by atoms with Gasteiger partial charge in [0.05, 0.1) is 18.4 Å². The van der Waals surface area contributed by atoms with Crippen molar-refractivity contribution >= 4 is 51.6 Å². The molecule has 33 heavy (non-hydrogen) atoms. The summed E-state index contributed by atoms with van der Waals surface area (Å²) in [5.41, 5.74) is 2.42. The number of aryl methyl sites for hydroxylation is 2. The number of thiophene rings is 1. The van der Waals surface area contributed by atoms with Crippen molar-refractivity contribution in [3.8, 4) is 5.75 Å². The van der Waals surface area contributed by atoms with Crippen molar-refractivity contribution in [3.05, 3.63) is 50.6 Å². The fourth-order valence-electron chi connectivity index (χ4n) is 3.55. The van der Waals surface area contributed by atoms with Crippen molar-refractivity contribution in [1.82, 2.24) is 14.8 Å². The molecule has 1 N–H and O–H groups in total. The number of methoxy groups -OCH3 is 1. The number of aromatic nitrogens is 3. The average molecular weight is 507 g/mol. The van der Waals surface area contributed by atoms with E-state index in [0.29, 0.717) is 32.3 Å². The van der Waals surface area contributed by atoms with Gasteiger partial charge in [0, 0.05) is 16.9 Å². The molecule has 4 rings (SSSR count). The Kier molecular flexibility index (Phi) is 7.26. The van der Waals surface area contributed by atoms with Crippen LogP contribution in [0.15, 0.2) is 23.4 Å². The van der Waals surface area contributed by atoms with Gasteiger partial charge in [-0.25, -0.2) is 4.79 Å². The van der Waals surface area contributed by atoms with Crippen LogP contribution in [0.2, 0.25) is 5.02 Å². The van der Waals surface area contributed by atoms with Gasteiger partial charge in [-0.3, -0.25) is 4.79 Å². The number of nitrogens with one attached hydrogen (secondary N) is 1. The Morgan fingerprint density at radius 2 is 2.12 bits per heavy atom. The molecule has 3 aromatic rings. The Balaban J connectivity index is 1.35. The zero-order valence-electron chi connectivity index (χ0n) is 18.4. The third-order valence-corrected chi connectivity index (χ3v) is 7.97. The number of anilines is 1. The largest absolute Gasteiger partial charge is 0.486 e. The Morgan fingerprint density at radius 3 is 2.88 bits per heavy atom. The van der Waals surface area contributed by atoms with Gasteiger partial charge in [-0.1, -0.05) is 23.4 Å². The number of fused-ring (bicyclic) bond motifs is 1. The van der Waals surface area contributed by atoms with E-state index in [0.717, 1.165) is 35.3 Å². The monoisotopic (exact) mass is 506 g/mol. The first-order valence-electron chi connectivity index (χ1n) is 10.3. The molecule has 0 atom stereocenters. The molecule has 1 aliphatic carbocycles. The number of nitrogens with zero attached hydrogens (tertiary/aromatic N) is 3. The first-order chi connectivity index (χ1) is 15.9. The second kappa shape index (κ2) is 10.1. The van der Waals surface area contributed by atoms with E-state index in [1.807, 2.05) is 20.0 Å². The highest BCUT2D eigenvalue weighted by molar-refractivity contribution is 7.99. The molecule has 0 saturated heterocycles. The van der Waals surface area contributed by atoms with Gasteiger partial charge in [-0.05, 0) is 55.5 Å². The van der Waals surface area contributed by atoms with Crippen LogP contribution in [0.3, 0.4) is 0 Å². The maximum absolute atomic E-state index is 12.6. The summed E-state index contributed by atoms with van der Waals surface area (Å²) in [5.74, 6) is 0.825. The van der Waals surface area contributed by atoms with Gasteiger partial charge < -0.3 is 19.4 Å². The number of amides is 1. The van der Waals surface area contributed by atoms with Gasteiger partial charge in [0.2, 0.25) is 5.91 Å². The third-order valence-electron chi connectivity index (χ3n) is 5.32. The van der Waals surface area contributed by atoms with Crippen LogP contribution in [-0.4, -0.2) is 39.5 Å². The van der Waals surface area contributed by atoms with Crippen molar-refractivity contribution in [2.24, 2.45) is 7.05 Å². The highest BCUT2D eigenvalue weighted by Gasteiger charge is 2.28. The molecule has 1 aromatic carbocycles. The minimum absolute atomic E-state index is 0.131. The molecule has 0 spiro atoms. The number of carbonyl (C=O) groups is 2. The standard InChI is InChI=1S/C22H23ClN4O4S2/c1-12-9-13(7-8-15(12)23)31-10-17-25-26-22(27(17)2)32-11-18(28)24-20-19(21(29)30-3)14-5-4-6-16(14)33-20/h7-9H,4-6,10-11H2,1-3H3,(H,24,28). The molecule has 0 radical (unpaired) electrons. The summed E-state index contributed by atoms with van der Waals surface area (Å²) >= 11 is 8.77. The van der Waals surface area contributed by atoms with Crippen LogP contribution in [0, 0.1) is 6.92 Å². The van der Waals surface area contributed by atoms with Crippen LogP contribution < -0.4 is 10.1 Å². The quantitative estimate of drug-likeness (QED) is 0.357. The molecule has 0 bridgehead atoms. The van der Waals surface area contributed by atoms with E-state index in [-0.39, 0.29) is 18.3 Å². The van der Waals surface area contributed by atoms with Crippen LogP contribution in [0.5, 0.6) is 5.75 Å². The van der Waals surface area contributed by atoms with Gasteiger partial charge in [-0.15, -0.1) is 21.5 Å². The third kappa shape index (κ3) is 5.18. The number of thioether (sulfide) groups is 1. The van der Waals surface area contributed by atoms with Gasteiger partial charge >= 0.3 is 5.97 Å². The molecule has 174 valence electrons. The fourth-order valence-corrected chi connectivity index (χ4v) is 5.70. The maximum Gasteiger partial charge on any atom is 0.341 e. The number of halogens is 1. The van der Waals surface area contributed by atoms with Crippen molar-refractivity contribution in [1.29, 1.82) is 0 Å². The predicted octanol–water partition coefficient (Wildman–Crippen LogP) is 4.42. The summed E-state index contributed by atoms with van der Waals surface area (Å²) in [6, 6.07) is 5.45. The number of carbonyl (C=O) groups excluding carboxylic acids is 2. The van der Waals surface area contributed by atoms with E-state index in [1.54, 1.807) is 16.7 Å². The highest BCUT2D eigenvalue weighted by Crippen LogP contribution is 2.39. The molecule has 2 heterocycles. The number of hydrogen-bond acceptors (Lipinski definition) is 8. The first kappa shape index (κ1) is 23.6. The van der Waals surface area contributed by atoms with E-state index >= 15 is 0 Å². The Bertz CT molecular complexity index is 1210. The summed E-state index contributed by atoms with van der Waals surface area (Å²) in [4.78, 5) is 26.0. The van der Waals surface area contributed by atoms with Crippen LogP contribution in [0.4, 0.5) is 5.00 Å². The highest BCUT2D eigenvalue weighted by atomic mass is 35.5. The van der Waals surface area contributed by atoms with Crippen LogP contribution >= 0.6 is 34.7 Å². The normalized spacial score (nSPS) is 12.5. The molecule has 0 unspecified atom stereocenters. The van der Waals surface area contributed by atoms with Gasteiger partial charge in [0.25, 0.3) is 0 Å². The number of rotatable bonds is 8. The van der Waals surface area contributed by atoms with Crippen LogP contribution in [0.25, 0.3) is 0 Å². The molecule has 1 aliphatic rings. The number of benzene rings is 1. The summed E-state index contributed by atoms with van der Waals surface area (Å²) in [6.45, 7) is 2.15. The lowest BCUT2D eigenvalue weighted by Gasteiger charge is -2.08. The predicted molar refractivity (Wildman–Crippen MR) is 129 cm³/mol. The minimum atomic E-state index is -0.411. The van der Waals surface area contributed by atoms with Crippen molar-refractivity contribution in [3.63, 3.8) is 0 Å². The zero-order chi connectivity index (χ0) is 23.5. The summed E-state index contributed by atoms with van der Waals surface area (Å²) in [5, 5.41) is 13.0. The van der Waals surface area contributed by atoms with Crippen LogP contribution in [0.1, 0.15) is 38.6 Å². The summed E-state index contributed by atoms with van der Waals surface area (Å²) < 4.78 is 12.5. The maximum atomic E-state index is 12.6. The summed E-state index contributed by atoms with van der Waals surface area (Å²) in [6.07, 6.45) is 2.78. The Hall–Kier alpha value is -2.56. The van der Waals surface area contributed by atoms with E-state index < -0.39 is 5.97 Å². The molecule has 1 amide bonds. The lowest BCUT2D eigenvalue weighted by atomic mass is 10.1. The van der Waals surface area contributed by atoms with Gasteiger partial charge in [0.15, 0.2) is 11.0 Å². The number of esters is 1. The molecule has 2 aromatic heterocycles. The lowest BCUT2D eigenvalue weighted by Crippen LogP contribution is -2.16. The molecule has 11 heteroatoms. The minimum Gasteiger partial charge on any atom is -0.486 e. The second-order valence-corrected chi connectivity index (χ2v) is 10.0. The second-order valence-electron chi connectivity index (χ2n) is 7.55. The molecule has 8 nitrogen and oxygen atoms in total. The summed E-state index contributed by atoms with van der Waals surface area (Å²) in [7, 11) is 3.18. The number of hydrogen-bond donors (Lipinski definition) is 1. The Labute approximate surface area is 204 Å². The van der Waals surface area contributed by atoms with Gasteiger partial charge in [-0.2, -0.15) is 0 Å².